The topological polar surface area (TPSA) is 186 Å². The number of nitrogens with two attached hydrogens (primary N) is 1. The van der Waals surface area contributed by atoms with Gasteiger partial charge in [-0.1, -0.05) is 19.9 Å². The highest BCUT2D eigenvalue weighted by atomic mass is 16.3. The number of primary amides is 1. The first-order valence-electron chi connectivity index (χ1n) is 12.6. The number of Topliss-reactive ketones (excluding diaryl/α,β-unsaturated/α-hetero) is 2. The Balaban J connectivity index is 1.60. The number of ketones is 2. The molecule has 1 fully saturated rings. The molecule has 0 bridgehead atoms. The van der Waals surface area contributed by atoms with Crippen LogP contribution in [-0.4, -0.2) is 48.5 Å². The molecule has 5 rings (SSSR count). The summed E-state index contributed by atoms with van der Waals surface area (Å²) in [5, 5.41) is 47.9. The second-order valence-electron chi connectivity index (χ2n) is 10.7. The lowest BCUT2D eigenvalue weighted by atomic mass is 9.54. The number of phenolic OH excluding ortho intramolecular Hbond substituents is 1. The van der Waals surface area contributed by atoms with Crippen molar-refractivity contribution >= 4 is 23.2 Å². The average Bonchev–Trinajstić information content (AvgIpc) is 3.36. The van der Waals surface area contributed by atoms with Gasteiger partial charge in [0.25, 0.3) is 5.91 Å². The number of amides is 1. The van der Waals surface area contributed by atoms with Gasteiger partial charge < -0.3 is 36.5 Å². The maximum atomic E-state index is 13.9. The second kappa shape index (κ2) is 9.14. The number of aliphatic hydroxyl groups excluding tert-OH is 2. The zero-order valence-electron chi connectivity index (χ0n) is 21.1. The normalized spacial score (nSPS) is 26.9. The number of H-pyrrole nitrogens is 1. The highest BCUT2D eigenvalue weighted by Crippen LogP contribution is 2.54. The van der Waals surface area contributed by atoms with Crippen molar-refractivity contribution < 1.29 is 34.8 Å². The number of carbonyl (C=O) groups excluding carboxylic acids is 3. The molecule has 0 aliphatic heterocycles. The van der Waals surface area contributed by atoms with Gasteiger partial charge in [0.05, 0.1) is 5.56 Å². The molecular formula is C28H31N3O7. The van der Waals surface area contributed by atoms with E-state index in [9.17, 15) is 34.8 Å². The van der Waals surface area contributed by atoms with Gasteiger partial charge in [-0.15, -0.1) is 0 Å². The standard InChI is InChI=1S/C28H31N3O7/c1-12(2)19-17-9-14-8-16-13(10-30-11-15-4-3-7-31-15)5-6-18(32)21(16)24(34)20(14)25(35)28(17,38)26(36)22(23(19)33)27(29)37/h3-7,12,14,17,19,30-32,34,36,38H,8-11H2,1-2H3,(H2,29,37)/t14-,17-,19-,28-/m0/s1. The summed E-state index contributed by atoms with van der Waals surface area (Å²) in [6.45, 7) is 4.47. The van der Waals surface area contributed by atoms with Crippen molar-refractivity contribution in [2.45, 2.75) is 45.4 Å². The van der Waals surface area contributed by atoms with Gasteiger partial charge in [0.1, 0.15) is 22.8 Å². The number of rotatable bonds is 6. The molecule has 0 unspecified atom stereocenters. The van der Waals surface area contributed by atoms with Crippen molar-refractivity contribution in [3.8, 4) is 5.75 Å². The first kappa shape index (κ1) is 25.7. The molecule has 10 nitrogen and oxygen atoms in total. The van der Waals surface area contributed by atoms with E-state index in [1.54, 1.807) is 19.9 Å². The van der Waals surface area contributed by atoms with Crippen LogP contribution in [0.2, 0.25) is 0 Å². The maximum absolute atomic E-state index is 13.9. The van der Waals surface area contributed by atoms with Gasteiger partial charge in [0, 0.05) is 42.4 Å². The van der Waals surface area contributed by atoms with Crippen LogP contribution in [0.15, 0.2) is 47.4 Å². The Morgan fingerprint density at radius 1 is 1.18 bits per heavy atom. The molecule has 3 aliphatic carbocycles. The van der Waals surface area contributed by atoms with Gasteiger partial charge in [-0.05, 0) is 54.0 Å². The number of phenols is 1. The number of aliphatic hydroxyl groups is 3. The molecule has 1 heterocycles. The molecule has 1 aromatic carbocycles. The van der Waals surface area contributed by atoms with Crippen molar-refractivity contribution in [3.63, 3.8) is 0 Å². The summed E-state index contributed by atoms with van der Waals surface area (Å²) >= 11 is 0. The van der Waals surface area contributed by atoms with E-state index in [1.165, 1.54) is 6.07 Å². The number of aromatic amines is 1. The SMILES string of the molecule is CC(C)[C@@H]1C(=O)C(C(N)=O)=C(O)[C@@]2(O)C(=O)C3=C(O)c4c(O)ccc(CNCc5ccc[nH]5)c4C[C@H]3C[C@@H]12. The zero-order valence-corrected chi connectivity index (χ0v) is 21.1. The third kappa shape index (κ3) is 3.66. The molecule has 1 aromatic heterocycles. The Morgan fingerprint density at radius 3 is 2.55 bits per heavy atom. The molecule has 2 aromatic rings. The number of aromatic hydroxyl groups is 1. The summed E-state index contributed by atoms with van der Waals surface area (Å²) < 4.78 is 0. The zero-order chi connectivity index (χ0) is 27.5. The number of hydrogen-bond acceptors (Lipinski definition) is 8. The maximum Gasteiger partial charge on any atom is 0.255 e. The molecule has 10 heteroatoms. The van der Waals surface area contributed by atoms with Crippen LogP contribution in [-0.2, 0) is 33.9 Å². The first-order valence-corrected chi connectivity index (χ1v) is 12.6. The van der Waals surface area contributed by atoms with Gasteiger partial charge in [-0.2, -0.15) is 0 Å². The molecule has 0 saturated heterocycles. The van der Waals surface area contributed by atoms with E-state index >= 15 is 0 Å². The molecule has 0 radical (unpaired) electrons. The quantitative estimate of drug-likeness (QED) is 0.281. The molecular weight excluding hydrogens is 490 g/mol. The van der Waals surface area contributed by atoms with E-state index in [2.05, 4.69) is 10.3 Å². The molecule has 4 atom stereocenters. The van der Waals surface area contributed by atoms with Gasteiger partial charge in [-0.3, -0.25) is 14.4 Å². The number of fused-ring (bicyclic) bond motifs is 3. The van der Waals surface area contributed by atoms with Crippen LogP contribution in [0.25, 0.3) is 5.76 Å². The van der Waals surface area contributed by atoms with E-state index in [0.717, 1.165) is 11.3 Å². The Kier molecular flexibility index (Phi) is 6.19. The van der Waals surface area contributed by atoms with Crippen LogP contribution in [0.3, 0.4) is 0 Å². The monoisotopic (exact) mass is 521 g/mol. The number of aromatic nitrogens is 1. The average molecular weight is 522 g/mol. The number of benzene rings is 1. The van der Waals surface area contributed by atoms with Crippen LogP contribution < -0.4 is 11.1 Å². The van der Waals surface area contributed by atoms with Crippen molar-refractivity contribution in [3.05, 3.63) is 69.8 Å². The van der Waals surface area contributed by atoms with Gasteiger partial charge in [0.15, 0.2) is 11.4 Å². The first-order chi connectivity index (χ1) is 18.0. The van der Waals surface area contributed by atoms with Crippen LogP contribution in [0.1, 0.15) is 42.7 Å². The van der Waals surface area contributed by atoms with Gasteiger partial charge >= 0.3 is 0 Å². The van der Waals surface area contributed by atoms with Crippen molar-refractivity contribution in [1.82, 2.24) is 10.3 Å². The van der Waals surface area contributed by atoms with Crippen LogP contribution in [0.4, 0.5) is 0 Å². The minimum atomic E-state index is -2.60. The minimum absolute atomic E-state index is 0.0940. The summed E-state index contributed by atoms with van der Waals surface area (Å²) in [6, 6.07) is 7.02. The molecule has 0 spiro atoms. The Bertz CT molecular complexity index is 1410. The molecule has 3 aliphatic rings. The van der Waals surface area contributed by atoms with E-state index < -0.39 is 57.9 Å². The molecule has 200 valence electrons. The number of hydrogen-bond donors (Lipinski definition) is 7. The molecule has 1 amide bonds. The lowest BCUT2D eigenvalue weighted by Gasteiger charge is -2.50. The lowest BCUT2D eigenvalue weighted by molar-refractivity contribution is -0.155. The van der Waals surface area contributed by atoms with Crippen molar-refractivity contribution in [2.24, 2.45) is 29.4 Å². The molecule has 1 saturated carbocycles. The molecule has 38 heavy (non-hydrogen) atoms. The Morgan fingerprint density at radius 2 is 1.92 bits per heavy atom. The summed E-state index contributed by atoms with van der Waals surface area (Å²) in [7, 11) is 0. The van der Waals surface area contributed by atoms with Crippen LogP contribution in [0.5, 0.6) is 5.75 Å². The van der Waals surface area contributed by atoms with E-state index in [0.29, 0.717) is 18.7 Å². The van der Waals surface area contributed by atoms with Crippen LogP contribution in [0, 0.1) is 23.7 Å². The van der Waals surface area contributed by atoms with E-state index in [4.69, 9.17) is 5.73 Å². The van der Waals surface area contributed by atoms with Crippen molar-refractivity contribution in [1.29, 1.82) is 0 Å². The smallest absolute Gasteiger partial charge is 0.255 e. The molecule has 8 N–H and O–H groups in total. The van der Waals surface area contributed by atoms with E-state index in [1.807, 2.05) is 18.3 Å². The number of nitrogens with one attached hydrogen (secondary N) is 2. The summed E-state index contributed by atoms with van der Waals surface area (Å²) in [5.74, 6) is -7.64. The minimum Gasteiger partial charge on any atom is -0.508 e. The summed E-state index contributed by atoms with van der Waals surface area (Å²) in [5.41, 5.74) is 4.40. The fraction of sp³-hybridized carbons (Fsp3) is 0.393. The van der Waals surface area contributed by atoms with E-state index in [-0.39, 0.29) is 35.6 Å². The van der Waals surface area contributed by atoms with Crippen LogP contribution >= 0.6 is 0 Å². The largest absolute Gasteiger partial charge is 0.508 e. The third-order valence-electron chi connectivity index (χ3n) is 8.24. The highest BCUT2D eigenvalue weighted by molar-refractivity contribution is 6.23. The Hall–Kier alpha value is -3.89. The summed E-state index contributed by atoms with van der Waals surface area (Å²) in [6.07, 6.45) is 2.19. The second-order valence-corrected chi connectivity index (χ2v) is 10.7. The number of carbonyl (C=O) groups is 3. The lowest BCUT2D eigenvalue weighted by Crippen LogP contribution is -2.62. The highest BCUT2D eigenvalue weighted by Gasteiger charge is 2.64. The van der Waals surface area contributed by atoms with Crippen molar-refractivity contribution in [2.75, 3.05) is 0 Å². The van der Waals surface area contributed by atoms with Gasteiger partial charge in [-0.25, -0.2) is 0 Å². The Labute approximate surface area is 218 Å². The fourth-order valence-corrected chi connectivity index (χ4v) is 6.52. The predicted molar refractivity (Wildman–Crippen MR) is 136 cm³/mol. The third-order valence-corrected chi connectivity index (χ3v) is 8.24. The summed E-state index contributed by atoms with van der Waals surface area (Å²) in [4.78, 5) is 42.3. The van der Waals surface area contributed by atoms with Gasteiger partial charge in [0.2, 0.25) is 5.78 Å². The predicted octanol–water partition coefficient (Wildman–Crippen LogP) is 1.92. The fourth-order valence-electron chi connectivity index (χ4n) is 6.52.